The Labute approximate surface area is 127 Å². The summed E-state index contributed by atoms with van der Waals surface area (Å²) in [5, 5.41) is 11.5. The summed E-state index contributed by atoms with van der Waals surface area (Å²) in [7, 11) is 0. The van der Waals surface area contributed by atoms with Crippen LogP contribution in [0.1, 0.15) is 33.6 Å². The van der Waals surface area contributed by atoms with Crippen LogP contribution in [0.25, 0.3) is 0 Å². The Morgan fingerprint density at radius 3 is 2.52 bits per heavy atom. The topological polar surface area (TPSA) is 72.7 Å². The van der Waals surface area contributed by atoms with Crippen LogP contribution >= 0.6 is 11.6 Å². The number of nitro benzene ring substituents is 1. The molecule has 0 radical (unpaired) electrons. The Bertz CT molecular complexity index is 579. The van der Waals surface area contributed by atoms with Crippen molar-refractivity contribution in [1.82, 2.24) is 0 Å². The monoisotopic (exact) mass is 312 g/mol. The summed E-state index contributed by atoms with van der Waals surface area (Å²) in [6, 6.07) is 4.21. The zero-order chi connectivity index (χ0) is 15.8. The van der Waals surface area contributed by atoms with Gasteiger partial charge in [0.1, 0.15) is 11.3 Å². The minimum Gasteiger partial charge on any atom is -0.443 e. The highest BCUT2D eigenvalue weighted by Gasteiger charge is 2.39. The summed E-state index contributed by atoms with van der Waals surface area (Å²) in [6.07, 6.45) is 1.04. The number of anilines is 1. The number of benzene rings is 1. The third-order valence-corrected chi connectivity index (χ3v) is 3.13. The van der Waals surface area contributed by atoms with Crippen molar-refractivity contribution in [2.75, 3.05) is 4.90 Å². The van der Waals surface area contributed by atoms with Crippen molar-refractivity contribution >= 4 is 29.1 Å². The van der Waals surface area contributed by atoms with Crippen molar-refractivity contribution in [3.05, 3.63) is 33.3 Å². The maximum atomic E-state index is 12.3. The highest BCUT2D eigenvalue weighted by Crippen LogP contribution is 2.39. The molecule has 1 aromatic rings. The van der Waals surface area contributed by atoms with Crippen molar-refractivity contribution in [1.29, 1.82) is 0 Å². The van der Waals surface area contributed by atoms with Gasteiger partial charge in [0.15, 0.2) is 0 Å². The smallest absolute Gasteiger partial charge is 0.415 e. The van der Waals surface area contributed by atoms with Crippen molar-refractivity contribution in [2.45, 2.75) is 45.3 Å². The van der Waals surface area contributed by atoms with E-state index in [-0.39, 0.29) is 22.4 Å². The minimum absolute atomic E-state index is 0.0558. The second-order valence-corrected chi connectivity index (χ2v) is 6.41. The number of nitrogens with zero attached hydrogens (tertiary/aromatic N) is 2. The number of nitro groups is 1. The highest BCUT2D eigenvalue weighted by molar-refractivity contribution is 6.31. The SMILES string of the molecule is CC(C)(C)OC(=O)N(c1ccc(Cl)cc1[N+](=O)[O-])C1CC1. The number of ether oxygens (including phenoxy) is 1. The lowest BCUT2D eigenvalue weighted by molar-refractivity contribution is -0.384. The second-order valence-electron chi connectivity index (χ2n) is 5.97. The summed E-state index contributed by atoms with van der Waals surface area (Å²) >= 11 is 5.81. The average molecular weight is 313 g/mol. The zero-order valence-electron chi connectivity index (χ0n) is 12.1. The van der Waals surface area contributed by atoms with Gasteiger partial charge >= 0.3 is 6.09 Å². The minimum atomic E-state index is -0.661. The summed E-state index contributed by atoms with van der Waals surface area (Å²) < 4.78 is 5.35. The van der Waals surface area contributed by atoms with E-state index < -0.39 is 16.6 Å². The molecule has 0 atom stereocenters. The molecule has 0 spiro atoms. The van der Waals surface area contributed by atoms with Crippen LogP contribution in [0.15, 0.2) is 18.2 Å². The van der Waals surface area contributed by atoms with E-state index in [9.17, 15) is 14.9 Å². The van der Waals surface area contributed by atoms with Gasteiger partial charge in [-0.15, -0.1) is 0 Å². The first-order chi connectivity index (χ1) is 9.69. The molecule has 0 aromatic heterocycles. The van der Waals surface area contributed by atoms with E-state index in [4.69, 9.17) is 16.3 Å². The van der Waals surface area contributed by atoms with Gasteiger partial charge in [0.05, 0.1) is 4.92 Å². The Morgan fingerprint density at radius 1 is 1.43 bits per heavy atom. The second kappa shape index (κ2) is 5.52. The molecule has 21 heavy (non-hydrogen) atoms. The van der Waals surface area contributed by atoms with Gasteiger partial charge in [0.2, 0.25) is 0 Å². The molecule has 0 bridgehead atoms. The molecule has 0 aliphatic heterocycles. The van der Waals surface area contributed by atoms with Gasteiger partial charge in [-0.25, -0.2) is 4.79 Å². The number of rotatable bonds is 3. The van der Waals surface area contributed by atoms with E-state index in [0.717, 1.165) is 12.8 Å². The van der Waals surface area contributed by atoms with Crippen molar-refractivity contribution < 1.29 is 14.5 Å². The van der Waals surface area contributed by atoms with Crippen LogP contribution in [-0.2, 0) is 4.74 Å². The Balaban J connectivity index is 2.39. The van der Waals surface area contributed by atoms with Gasteiger partial charge in [-0.05, 0) is 45.7 Å². The molecule has 1 aromatic carbocycles. The summed E-state index contributed by atoms with van der Waals surface area (Å²) in [6.45, 7) is 5.27. The van der Waals surface area contributed by atoms with E-state index in [1.165, 1.54) is 23.1 Å². The van der Waals surface area contributed by atoms with Gasteiger partial charge < -0.3 is 4.74 Å². The Morgan fingerprint density at radius 2 is 2.05 bits per heavy atom. The molecule has 1 fully saturated rings. The normalized spacial score (nSPS) is 14.7. The first-order valence-corrected chi connectivity index (χ1v) is 7.03. The van der Waals surface area contributed by atoms with E-state index in [2.05, 4.69) is 0 Å². The number of carbonyl (C=O) groups excluding carboxylic acids is 1. The molecule has 0 unspecified atom stereocenters. The maximum Gasteiger partial charge on any atom is 0.415 e. The average Bonchev–Trinajstić information content (AvgIpc) is 3.13. The van der Waals surface area contributed by atoms with Crippen LogP contribution in [0.2, 0.25) is 5.02 Å². The Kier molecular flexibility index (Phi) is 4.09. The van der Waals surface area contributed by atoms with Crippen LogP contribution in [-0.4, -0.2) is 22.7 Å². The zero-order valence-corrected chi connectivity index (χ0v) is 12.9. The quantitative estimate of drug-likeness (QED) is 0.620. The number of carbonyl (C=O) groups is 1. The molecular weight excluding hydrogens is 296 g/mol. The number of halogens is 1. The van der Waals surface area contributed by atoms with Crippen LogP contribution in [0.5, 0.6) is 0 Å². The molecule has 114 valence electrons. The lowest BCUT2D eigenvalue weighted by atomic mass is 10.2. The van der Waals surface area contributed by atoms with Gasteiger partial charge in [-0.1, -0.05) is 11.6 Å². The van der Waals surface area contributed by atoms with Gasteiger partial charge in [-0.3, -0.25) is 15.0 Å². The van der Waals surface area contributed by atoms with E-state index >= 15 is 0 Å². The molecule has 0 N–H and O–H groups in total. The molecule has 2 rings (SSSR count). The number of amides is 1. The van der Waals surface area contributed by atoms with E-state index in [1.54, 1.807) is 20.8 Å². The Hall–Kier alpha value is -1.82. The summed E-state index contributed by atoms with van der Waals surface area (Å²) in [5.74, 6) is 0. The van der Waals surface area contributed by atoms with Crippen LogP contribution in [0, 0.1) is 10.1 Å². The molecule has 0 heterocycles. The molecular formula is C14H17ClN2O4. The largest absolute Gasteiger partial charge is 0.443 e. The molecule has 0 saturated heterocycles. The van der Waals surface area contributed by atoms with E-state index in [0.29, 0.717) is 0 Å². The number of hydrogen-bond donors (Lipinski definition) is 0. The van der Waals surface area contributed by atoms with Crippen LogP contribution in [0.3, 0.4) is 0 Å². The first-order valence-electron chi connectivity index (χ1n) is 6.65. The highest BCUT2D eigenvalue weighted by atomic mass is 35.5. The molecule has 1 amide bonds. The fraction of sp³-hybridized carbons (Fsp3) is 0.500. The molecule has 6 nitrogen and oxygen atoms in total. The predicted octanol–water partition coefficient (Wildman–Crippen LogP) is 4.15. The number of hydrogen-bond acceptors (Lipinski definition) is 4. The maximum absolute atomic E-state index is 12.3. The first kappa shape index (κ1) is 15.6. The van der Waals surface area contributed by atoms with Crippen molar-refractivity contribution in [3.8, 4) is 0 Å². The van der Waals surface area contributed by atoms with E-state index in [1.807, 2.05) is 0 Å². The fourth-order valence-electron chi connectivity index (χ4n) is 1.93. The lowest BCUT2D eigenvalue weighted by Crippen LogP contribution is -2.38. The van der Waals surface area contributed by atoms with Crippen molar-refractivity contribution in [2.24, 2.45) is 0 Å². The molecule has 1 aliphatic carbocycles. The summed E-state index contributed by atoms with van der Waals surface area (Å²) in [4.78, 5) is 24.4. The van der Waals surface area contributed by atoms with Gasteiger partial charge in [0.25, 0.3) is 5.69 Å². The molecule has 7 heteroatoms. The van der Waals surface area contributed by atoms with Gasteiger partial charge in [0, 0.05) is 17.1 Å². The fourth-order valence-corrected chi connectivity index (χ4v) is 2.10. The molecule has 1 aliphatic rings. The third kappa shape index (κ3) is 3.85. The predicted molar refractivity (Wildman–Crippen MR) is 79.8 cm³/mol. The lowest BCUT2D eigenvalue weighted by Gasteiger charge is -2.27. The van der Waals surface area contributed by atoms with Crippen LogP contribution < -0.4 is 4.90 Å². The summed E-state index contributed by atoms with van der Waals surface area (Å²) in [5.41, 5.74) is -0.632. The van der Waals surface area contributed by atoms with Gasteiger partial charge in [-0.2, -0.15) is 0 Å². The third-order valence-electron chi connectivity index (χ3n) is 2.90. The van der Waals surface area contributed by atoms with Crippen LogP contribution in [0.4, 0.5) is 16.2 Å². The standard InChI is InChI=1S/C14H17ClN2O4/c1-14(2,3)21-13(18)16(10-5-6-10)11-7-4-9(15)8-12(11)17(19)20/h4,7-8,10H,5-6H2,1-3H3. The van der Waals surface area contributed by atoms with Crippen molar-refractivity contribution in [3.63, 3.8) is 0 Å². The molecule has 1 saturated carbocycles.